The Morgan fingerprint density at radius 1 is 1.18 bits per heavy atom. The highest BCUT2D eigenvalue weighted by molar-refractivity contribution is 5.80. The number of nitrogens with zero attached hydrogens (tertiary/aromatic N) is 2. The van der Waals surface area contributed by atoms with E-state index < -0.39 is 0 Å². The van der Waals surface area contributed by atoms with Crippen molar-refractivity contribution in [1.29, 1.82) is 0 Å². The second kappa shape index (κ2) is 2.14. The van der Waals surface area contributed by atoms with Gasteiger partial charge in [-0.1, -0.05) is 22.9 Å². The van der Waals surface area contributed by atoms with Crippen molar-refractivity contribution in [1.82, 2.24) is 4.68 Å². The highest BCUT2D eigenvalue weighted by Gasteiger charge is 1.99. The van der Waals surface area contributed by atoms with Gasteiger partial charge in [-0.3, -0.25) is 0 Å². The molecular weight excluding hydrogens is 136 g/mol. The van der Waals surface area contributed by atoms with Gasteiger partial charge in [0.05, 0.1) is 6.20 Å². The van der Waals surface area contributed by atoms with Gasteiger partial charge in [0.1, 0.15) is 5.52 Å². The fraction of sp³-hybridized carbons (Fsp3) is 0. The van der Waals surface area contributed by atoms with E-state index in [2.05, 4.69) is 4.95 Å². The second-order valence-corrected chi connectivity index (χ2v) is 2.32. The minimum absolute atomic E-state index is 0.975. The lowest BCUT2D eigenvalue weighted by molar-refractivity contribution is 1.13. The number of hydrogen-bond donors (Lipinski definition) is 0. The topological polar surface area (TPSA) is 9.29 Å². The largest absolute Gasteiger partial charge is 0.183 e. The third-order valence-electron chi connectivity index (χ3n) is 1.69. The number of benzene rings is 1. The first-order chi connectivity index (χ1) is 5.42. The number of hydrogen-bond acceptors (Lipinski definition) is 0. The van der Waals surface area contributed by atoms with E-state index in [1.807, 2.05) is 30.3 Å². The molecule has 0 bridgehead atoms. The first kappa shape index (κ1) is 5.99. The van der Waals surface area contributed by atoms with Gasteiger partial charge < -0.3 is 0 Å². The molecule has 0 atom stereocenters. The van der Waals surface area contributed by atoms with Crippen molar-refractivity contribution in [2.24, 2.45) is 0 Å². The molecule has 0 saturated carbocycles. The molecule has 1 heterocycles. The van der Waals surface area contributed by atoms with E-state index in [4.69, 9.17) is 6.57 Å². The summed E-state index contributed by atoms with van der Waals surface area (Å²) in [5, 5.41) is 1.11. The summed E-state index contributed by atoms with van der Waals surface area (Å²) < 4.78 is 1.54. The monoisotopic (exact) mass is 142 g/mol. The van der Waals surface area contributed by atoms with E-state index in [0.717, 1.165) is 10.9 Å². The summed E-state index contributed by atoms with van der Waals surface area (Å²) in [4.78, 5) is 3.33. The van der Waals surface area contributed by atoms with Crippen LogP contribution in [0.1, 0.15) is 0 Å². The Bertz CT molecular complexity index is 420. The molecule has 2 aromatic rings. The first-order valence-electron chi connectivity index (χ1n) is 3.35. The van der Waals surface area contributed by atoms with Crippen molar-refractivity contribution in [3.05, 3.63) is 48.1 Å². The molecule has 2 heteroatoms. The normalized spacial score (nSPS) is 9.73. The van der Waals surface area contributed by atoms with Crippen LogP contribution < -0.4 is 0 Å². The van der Waals surface area contributed by atoms with Gasteiger partial charge >= 0.3 is 0 Å². The zero-order valence-corrected chi connectivity index (χ0v) is 5.86. The lowest BCUT2D eigenvalue weighted by Crippen LogP contribution is -1.77. The molecule has 1 aromatic carbocycles. The zero-order chi connectivity index (χ0) is 7.68. The molecule has 0 aliphatic heterocycles. The van der Waals surface area contributed by atoms with E-state index in [-0.39, 0.29) is 0 Å². The molecule has 0 radical (unpaired) electrons. The standard InChI is InChI=1S/C9H6N2/c1-10-11-7-6-8-4-2-3-5-9(8)11/h2-7H. The fourth-order valence-electron chi connectivity index (χ4n) is 1.16. The molecule has 2 rings (SSSR count). The van der Waals surface area contributed by atoms with Crippen LogP contribution in [0, 0.1) is 6.57 Å². The van der Waals surface area contributed by atoms with Crippen molar-refractivity contribution in [3.8, 4) is 0 Å². The predicted molar refractivity (Wildman–Crippen MR) is 43.9 cm³/mol. The molecular formula is C9H6N2. The maximum atomic E-state index is 6.83. The Kier molecular flexibility index (Phi) is 1.16. The van der Waals surface area contributed by atoms with E-state index in [0.29, 0.717) is 0 Å². The predicted octanol–water partition coefficient (Wildman–Crippen LogP) is 2.32. The molecule has 1 aromatic heterocycles. The van der Waals surface area contributed by atoms with Crippen LogP contribution in [0.4, 0.5) is 0 Å². The Morgan fingerprint density at radius 3 is 2.82 bits per heavy atom. The average Bonchev–Trinajstić information content (AvgIpc) is 2.47. The molecule has 52 valence electrons. The van der Waals surface area contributed by atoms with Crippen LogP contribution >= 0.6 is 0 Å². The number of para-hydroxylation sites is 1. The van der Waals surface area contributed by atoms with Crippen LogP contribution in [-0.2, 0) is 0 Å². The SMILES string of the molecule is [C-]#[N+]n1ccc2ccccc21. The number of fused-ring (bicyclic) bond motifs is 1. The Morgan fingerprint density at radius 2 is 2.00 bits per heavy atom. The summed E-state index contributed by atoms with van der Waals surface area (Å²) in [7, 11) is 0. The van der Waals surface area contributed by atoms with Crippen LogP contribution in [0.3, 0.4) is 0 Å². The van der Waals surface area contributed by atoms with Crippen molar-refractivity contribution < 1.29 is 0 Å². The van der Waals surface area contributed by atoms with E-state index in [1.165, 1.54) is 4.68 Å². The molecule has 0 aliphatic carbocycles. The quantitative estimate of drug-likeness (QED) is 0.499. The summed E-state index contributed by atoms with van der Waals surface area (Å²) in [5.74, 6) is 0. The molecule has 0 unspecified atom stereocenters. The van der Waals surface area contributed by atoms with Crippen molar-refractivity contribution in [3.63, 3.8) is 0 Å². The van der Waals surface area contributed by atoms with Gasteiger partial charge in [0, 0.05) is 5.39 Å². The van der Waals surface area contributed by atoms with Gasteiger partial charge in [0.2, 0.25) is 0 Å². The van der Waals surface area contributed by atoms with Crippen LogP contribution in [0.2, 0.25) is 0 Å². The third-order valence-corrected chi connectivity index (χ3v) is 1.69. The van der Waals surface area contributed by atoms with Crippen LogP contribution in [0.15, 0.2) is 36.5 Å². The summed E-state index contributed by atoms with van der Waals surface area (Å²) >= 11 is 0. The average molecular weight is 142 g/mol. The molecule has 2 nitrogen and oxygen atoms in total. The molecule has 0 saturated heterocycles. The van der Waals surface area contributed by atoms with Crippen molar-refractivity contribution in [2.45, 2.75) is 0 Å². The van der Waals surface area contributed by atoms with Gasteiger partial charge in [0.25, 0.3) is 0 Å². The smallest absolute Gasteiger partial charge is 0.125 e. The van der Waals surface area contributed by atoms with Crippen molar-refractivity contribution >= 4 is 10.9 Å². The Balaban J connectivity index is 2.89. The molecule has 0 N–H and O–H groups in total. The zero-order valence-electron chi connectivity index (χ0n) is 5.86. The number of aromatic nitrogens is 1. The lowest BCUT2D eigenvalue weighted by atomic mass is 10.3. The summed E-state index contributed by atoms with van der Waals surface area (Å²) in [6, 6.07) is 9.78. The van der Waals surface area contributed by atoms with Gasteiger partial charge in [-0.05, 0) is 12.1 Å². The van der Waals surface area contributed by atoms with Crippen LogP contribution in [0.25, 0.3) is 15.9 Å². The highest BCUT2D eigenvalue weighted by atomic mass is 15.3. The van der Waals surface area contributed by atoms with E-state index >= 15 is 0 Å². The minimum atomic E-state index is 0.975. The maximum Gasteiger partial charge on any atom is 0.125 e. The van der Waals surface area contributed by atoms with Gasteiger partial charge in [-0.2, -0.15) is 11.5 Å². The Hall–Kier alpha value is -1.75. The summed E-state index contributed by atoms with van der Waals surface area (Å²) in [6.07, 6.45) is 1.78. The number of rotatable bonds is 0. The first-order valence-corrected chi connectivity index (χ1v) is 3.35. The highest BCUT2D eigenvalue weighted by Crippen LogP contribution is 2.14. The van der Waals surface area contributed by atoms with E-state index in [1.54, 1.807) is 6.20 Å². The van der Waals surface area contributed by atoms with E-state index in [9.17, 15) is 0 Å². The molecule has 0 spiro atoms. The second-order valence-electron chi connectivity index (χ2n) is 2.32. The molecule has 0 fully saturated rings. The van der Waals surface area contributed by atoms with Crippen molar-refractivity contribution in [2.75, 3.05) is 0 Å². The lowest BCUT2D eigenvalue weighted by Gasteiger charge is -1.85. The fourth-order valence-corrected chi connectivity index (χ4v) is 1.16. The van der Waals surface area contributed by atoms with Crippen LogP contribution in [-0.4, -0.2) is 4.68 Å². The molecule has 11 heavy (non-hydrogen) atoms. The van der Waals surface area contributed by atoms with Crippen LogP contribution in [0.5, 0.6) is 0 Å². The summed E-state index contributed by atoms with van der Waals surface area (Å²) in [6.45, 7) is 6.83. The molecule has 0 amide bonds. The third kappa shape index (κ3) is 0.786. The van der Waals surface area contributed by atoms with Gasteiger partial charge in [0.15, 0.2) is 0 Å². The Labute approximate surface area is 64.5 Å². The van der Waals surface area contributed by atoms with Gasteiger partial charge in [-0.25, -0.2) is 0 Å². The van der Waals surface area contributed by atoms with Gasteiger partial charge in [-0.15, -0.1) is 0 Å². The molecule has 0 aliphatic rings. The minimum Gasteiger partial charge on any atom is -0.183 e. The summed E-state index contributed by atoms with van der Waals surface area (Å²) in [5.41, 5.74) is 0.975. The maximum absolute atomic E-state index is 6.83.